The maximum atomic E-state index is 12.5. The average Bonchev–Trinajstić information content (AvgIpc) is 2.68. The monoisotopic (exact) mass is 543 g/mol. The number of aldehydes is 1. The summed E-state index contributed by atoms with van der Waals surface area (Å²) in [5, 5.41) is 9.94. The molecular weight excluding hydrogens is 498 g/mol. The first-order valence-electron chi connectivity index (χ1n) is 12.6. The number of nitrogens with one attached hydrogen (secondary N) is 4. The number of alkyl carbamates (subject to hydrolysis) is 3. The Labute approximate surface area is 225 Å². The third kappa shape index (κ3) is 19.8. The minimum atomic E-state index is -0.889. The molecule has 0 spiro atoms. The van der Waals surface area contributed by atoms with Crippen LogP contribution >= 0.6 is 0 Å². The number of unbranched alkanes of at least 4 members (excludes halogenated alkanes) is 1. The van der Waals surface area contributed by atoms with E-state index in [1.54, 1.807) is 62.3 Å². The van der Waals surface area contributed by atoms with Gasteiger partial charge in [-0.05, 0) is 81.6 Å². The predicted octanol–water partition coefficient (Wildman–Crippen LogP) is 3.16. The van der Waals surface area contributed by atoms with Crippen molar-refractivity contribution in [1.82, 2.24) is 21.3 Å². The Bertz CT molecular complexity index is 806. The fourth-order valence-electron chi connectivity index (χ4n) is 2.66. The third-order valence-electron chi connectivity index (χ3n) is 3.98. The number of amides is 4. The van der Waals surface area contributed by atoms with Crippen molar-refractivity contribution in [1.29, 1.82) is 0 Å². The molecule has 0 saturated carbocycles. The Morgan fingerprint density at radius 2 is 1.24 bits per heavy atom. The normalized spacial score (nSPS) is 12.3. The largest absolute Gasteiger partial charge is 0.444 e. The molecule has 0 aromatic heterocycles. The van der Waals surface area contributed by atoms with Crippen molar-refractivity contribution in [2.24, 2.45) is 4.99 Å². The van der Waals surface area contributed by atoms with Crippen molar-refractivity contribution in [3.63, 3.8) is 0 Å². The molecule has 0 aromatic carbocycles. The number of guanidine groups is 1. The Balaban J connectivity index is 5.20. The molecule has 0 bridgehead atoms. The molecule has 13 heteroatoms. The second-order valence-corrected chi connectivity index (χ2v) is 11.4. The zero-order valence-electron chi connectivity index (χ0n) is 24.1. The molecule has 0 rings (SSSR count). The summed E-state index contributed by atoms with van der Waals surface area (Å²) in [5.41, 5.74) is -2.26. The molecule has 38 heavy (non-hydrogen) atoms. The van der Waals surface area contributed by atoms with Crippen molar-refractivity contribution in [3.8, 4) is 0 Å². The minimum absolute atomic E-state index is 0.148. The number of carbonyl (C=O) groups is 5. The van der Waals surface area contributed by atoms with Gasteiger partial charge in [-0.15, -0.1) is 0 Å². The van der Waals surface area contributed by atoms with Gasteiger partial charge in [-0.25, -0.2) is 14.4 Å². The summed E-state index contributed by atoms with van der Waals surface area (Å²) < 4.78 is 15.6. The molecule has 0 radical (unpaired) electrons. The van der Waals surface area contributed by atoms with Crippen molar-refractivity contribution in [2.75, 3.05) is 13.1 Å². The summed E-state index contributed by atoms with van der Waals surface area (Å²) in [5.74, 6) is -0.594. The molecule has 0 aliphatic heterocycles. The first-order chi connectivity index (χ1) is 17.3. The lowest BCUT2D eigenvalue weighted by atomic mass is 10.1. The van der Waals surface area contributed by atoms with Gasteiger partial charge in [-0.1, -0.05) is 0 Å². The van der Waals surface area contributed by atoms with E-state index >= 15 is 0 Å². The van der Waals surface area contributed by atoms with Gasteiger partial charge >= 0.3 is 18.3 Å². The van der Waals surface area contributed by atoms with Gasteiger partial charge in [-0.2, -0.15) is 0 Å². The fraction of sp³-hybridized carbons (Fsp3) is 0.760. The molecule has 4 amide bonds. The minimum Gasteiger partial charge on any atom is -0.444 e. The molecule has 0 aliphatic carbocycles. The summed E-state index contributed by atoms with van der Waals surface area (Å²) in [6.45, 7) is 15.6. The number of rotatable bonds is 10. The zero-order valence-corrected chi connectivity index (χ0v) is 24.1. The van der Waals surface area contributed by atoms with E-state index in [0.29, 0.717) is 19.1 Å². The summed E-state index contributed by atoms with van der Waals surface area (Å²) in [7, 11) is 0. The highest BCUT2D eigenvalue weighted by Crippen LogP contribution is 2.10. The van der Waals surface area contributed by atoms with Gasteiger partial charge in [0.2, 0.25) is 11.9 Å². The SMILES string of the molecule is CC(C)(C)OC(=O)NC(=NCCCC[C@@H](NC(=O)OC(C)(C)C)C(=O)NCCC=O)NC(=O)OC(C)(C)C. The quantitative estimate of drug-likeness (QED) is 0.107. The molecule has 0 heterocycles. The number of ether oxygens (including phenoxy) is 3. The molecule has 0 fully saturated rings. The van der Waals surface area contributed by atoms with Gasteiger partial charge < -0.3 is 29.6 Å². The molecule has 0 aliphatic rings. The summed E-state index contributed by atoms with van der Waals surface area (Å²) >= 11 is 0. The van der Waals surface area contributed by atoms with Gasteiger partial charge in [0.15, 0.2) is 0 Å². The van der Waals surface area contributed by atoms with Crippen molar-refractivity contribution in [3.05, 3.63) is 0 Å². The molecule has 13 nitrogen and oxygen atoms in total. The summed E-state index contributed by atoms with van der Waals surface area (Å²) in [6.07, 6.45) is -0.351. The van der Waals surface area contributed by atoms with E-state index in [0.717, 1.165) is 0 Å². The second kappa shape index (κ2) is 15.8. The maximum Gasteiger partial charge on any atom is 0.414 e. The lowest BCUT2D eigenvalue weighted by Crippen LogP contribution is -2.48. The van der Waals surface area contributed by atoms with E-state index in [1.807, 2.05) is 0 Å². The molecule has 0 saturated heterocycles. The summed E-state index contributed by atoms with van der Waals surface area (Å²) in [4.78, 5) is 63.8. The van der Waals surface area contributed by atoms with Gasteiger partial charge in [-0.3, -0.25) is 20.4 Å². The van der Waals surface area contributed by atoms with Crippen LogP contribution in [0.3, 0.4) is 0 Å². The molecule has 0 unspecified atom stereocenters. The lowest BCUT2D eigenvalue weighted by molar-refractivity contribution is -0.123. The molecule has 0 aromatic rings. The van der Waals surface area contributed by atoms with Crippen LogP contribution in [-0.2, 0) is 23.8 Å². The van der Waals surface area contributed by atoms with E-state index in [2.05, 4.69) is 26.3 Å². The van der Waals surface area contributed by atoms with Crippen LogP contribution in [0, 0.1) is 0 Å². The van der Waals surface area contributed by atoms with Crippen molar-refractivity contribution >= 4 is 36.4 Å². The Hall–Kier alpha value is -3.38. The van der Waals surface area contributed by atoms with E-state index in [1.165, 1.54) is 0 Å². The second-order valence-electron chi connectivity index (χ2n) is 11.4. The third-order valence-corrected chi connectivity index (χ3v) is 3.98. The van der Waals surface area contributed by atoms with Gasteiger partial charge in [0.25, 0.3) is 0 Å². The number of carbonyl (C=O) groups excluding carboxylic acids is 5. The predicted molar refractivity (Wildman–Crippen MR) is 142 cm³/mol. The highest BCUT2D eigenvalue weighted by molar-refractivity contribution is 6.01. The first-order valence-corrected chi connectivity index (χ1v) is 12.6. The molecule has 4 N–H and O–H groups in total. The van der Waals surface area contributed by atoms with Crippen LogP contribution in [0.2, 0.25) is 0 Å². The van der Waals surface area contributed by atoms with Gasteiger partial charge in [0.05, 0.1) is 0 Å². The standard InChI is InChI=1S/C25H45N5O8/c1-23(2,3)36-20(33)28-17(18(32)26-15-12-16-31)13-10-11-14-27-19(29-21(34)37-24(4,5)6)30-22(35)38-25(7,8)9/h16-17H,10-15H2,1-9H3,(H,26,32)(H,28,33)(H2,27,29,30,34,35)/t17-/m1/s1. The van der Waals surface area contributed by atoms with Crippen LogP contribution < -0.4 is 21.3 Å². The topological polar surface area (TPSA) is 174 Å². The number of aliphatic imine (C=N–C) groups is 1. The van der Waals surface area contributed by atoms with Crippen LogP contribution in [0.15, 0.2) is 4.99 Å². The van der Waals surface area contributed by atoms with Crippen molar-refractivity contribution in [2.45, 2.75) is 111 Å². The fourth-order valence-corrected chi connectivity index (χ4v) is 2.66. The zero-order chi connectivity index (χ0) is 29.6. The van der Waals surface area contributed by atoms with E-state index in [4.69, 9.17) is 14.2 Å². The average molecular weight is 544 g/mol. The Kier molecular flexibility index (Phi) is 14.4. The number of hydrogen-bond donors (Lipinski definition) is 4. The summed E-state index contributed by atoms with van der Waals surface area (Å²) in [6, 6.07) is -0.889. The van der Waals surface area contributed by atoms with Crippen LogP contribution in [-0.4, -0.2) is 72.4 Å². The molecule has 1 atom stereocenters. The van der Waals surface area contributed by atoms with E-state index < -0.39 is 47.0 Å². The van der Waals surface area contributed by atoms with Crippen LogP contribution in [0.25, 0.3) is 0 Å². The smallest absolute Gasteiger partial charge is 0.414 e. The molecular formula is C25H45N5O8. The van der Waals surface area contributed by atoms with Gasteiger partial charge in [0.1, 0.15) is 29.1 Å². The highest BCUT2D eigenvalue weighted by Gasteiger charge is 2.24. The lowest BCUT2D eigenvalue weighted by Gasteiger charge is -2.23. The molecule has 218 valence electrons. The van der Waals surface area contributed by atoms with E-state index in [-0.39, 0.29) is 31.9 Å². The van der Waals surface area contributed by atoms with Crippen molar-refractivity contribution < 1.29 is 38.2 Å². The highest BCUT2D eigenvalue weighted by atomic mass is 16.6. The maximum absolute atomic E-state index is 12.5. The Morgan fingerprint density at radius 3 is 1.68 bits per heavy atom. The number of hydrogen-bond acceptors (Lipinski definition) is 9. The van der Waals surface area contributed by atoms with Gasteiger partial charge in [0, 0.05) is 19.5 Å². The van der Waals surface area contributed by atoms with Crippen LogP contribution in [0.5, 0.6) is 0 Å². The Morgan fingerprint density at radius 1 is 0.763 bits per heavy atom. The number of nitrogens with zero attached hydrogens (tertiary/aromatic N) is 1. The van der Waals surface area contributed by atoms with E-state index in [9.17, 15) is 24.0 Å². The first kappa shape index (κ1) is 34.6. The van der Waals surface area contributed by atoms with Crippen LogP contribution in [0.4, 0.5) is 14.4 Å². The van der Waals surface area contributed by atoms with Crippen LogP contribution in [0.1, 0.15) is 88.0 Å².